The zero-order valence-corrected chi connectivity index (χ0v) is 16.4. The van der Waals surface area contributed by atoms with E-state index in [-0.39, 0.29) is 0 Å². The van der Waals surface area contributed by atoms with Gasteiger partial charge in [0.15, 0.2) is 0 Å². The molecule has 0 radical (unpaired) electrons. The number of hydrogen-bond donors (Lipinski definition) is 1. The fourth-order valence-corrected chi connectivity index (χ4v) is 4.19. The molecule has 2 aromatic rings. The molecule has 2 atom stereocenters. The van der Waals surface area contributed by atoms with Gasteiger partial charge in [0.1, 0.15) is 5.75 Å². The third-order valence-electron chi connectivity index (χ3n) is 5.24. The average Bonchev–Trinajstić information content (AvgIpc) is 2.64. The molecular weight excluding hydrogens is 326 g/mol. The molecule has 0 saturated carbocycles. The van der Waals surface area contributed by atoms with Crippen LogP contribution >= 0.6 is 12.6 Å². The molecule has 2 nitrogen and oxygen atoms in total. The predicted octanol–water partition coefficient (Wildman–Crippen LogP) is 5.11. The second-order valence-electron chi connectivity index (χ2n) is 7.33. The fourth-order valence-electron chi connectivity index (χ4n) is 3.82. The van der Waals surface area contributed by atoms with Crippen LogP contribution < -0.4 is 4.74 Å². The molecule has 2 aromatic carbocycles. The third kappa shape index (κ3) is 4.39. The molecule has 0 bridgehead atoms. The Balaban J connectivity index is 1.75. The van der Waals surface area contributed by atoms with Gasteiger partial charge in [-0.05, 0) is 47.7 Å². The van der Waals surface area contributed by atoms with Gasteiger partial charge in [0, 0.05) is 24.3 Å². The highest BCUT2D eigenvalue weighted by molar-refractivity contribution is 7.81. The van der Waals surface area contributed by atoms with Crippen molar-refractivity contribution in [2.24, 2.45) is 0 Å². The topological polar surface area (TPSA) is 12.5 Å². The van der Waals surface area contributed by atoms with Gasteiger partial charge in [-0.15, -0.1) is 0 Å². The molecule has 1 aliphatic heterocycles. The monoisotopic (exact) mass is 355 g/mol. The van der Waals surface area contributed by atoms with Gasteiger partial charge in [-0.3, -0.25) is 4.90 Å². The van der Waals surface area contributed by atoms with Crippen molar-refractivity contribution >= 4 is 12.6 Å². The van der Waals surface area contributed by atoms with Crippen LogP contribution in [0.2, 0.25) is 0 Å². The molecular formula is C22H29NOS. The standard InChI is InChI=1S/C22H29NOS/c1-16(2)19-6-4-5-7-20(19)21-15-23(13-12-22(21)25)14-17-8-10-18(24-3)11-9-17/h4-11,16,21-22,25H,12-15H2,1-3H3. The second-order valence-corrected chi connectivity index (χ2v) is 7.99. The van der Waals surface area contributed by atoms with E-state index in [9.17, 15) is 0 Å². The van der Waals surface area contributed by atoms with Crippen LogP contribution in [0.1, 0.15) is 48.8 Å². The minimum Gasteiger partial charge on any atom is -0.497 e. The molecule has 25 heavy (non-hydrogen) atoms. The van der Waals surface area contributed by atoms with E-state index >= 15 is 0 Å². The number of ether oxygens (including phenoxy) is 1. The van der Waals surface area contributed by atoms with E-state index in [1.165, 1.54) is 16.7 Å². The van der Waals surface area contributed by atoms with E-state index < -0.39 is 0 Å². The van der Waals surface area contributed by atoms with Crippen molar-refractivity contribution in [2.75, 3.05) is 20.2 Å². The van der Waals surface area contributed by atoms with Crippen molar-refractivity contribution in [3.05, 3.63) is 65.2 Å². The summed E-state index contributed by atoms with van der Waals surface area (Å²) >= 11 is 4.93. The molecule has 1 aliphatic rings. The Morgan fingerprint density at radius 2 is 1.84 bits per heavy atom. The van der Waals surface area contributed by atoms with Crippen molar-refractivity contribution in [2.45, 2.75) is 43.9 Å². The number of methoxy groups -OCH3 is 1. The maximum absolute atomic E-state index is 5.26. The summed E-state index contributed by atoms with van der Waals surface area (Å²) in [7, 11) is 1.71. The molecule has 0 N–H and O–H groups in total. The first kappa shape index (κ1) is 18.3. The van der Waals surface area contributed by atoms with Gasteiger partial charge in [0.2, 0.25) is 0 Å². The molecule has 2 unspecified atom stereocenters. The maximum Gasteiger partial charge on any atom is 0.118 e. The van der Waals surface area contributed by atoms with E-state index in [1.54, 1.807) is 7.11 Å². The summed E-state index contributed by atoms with van der Waals surface area (Å²) in [5.41, 5.74) is 4.30. The Kier molecular flexibility index (Phi) is 6.08. The van der Waals surface area contributed by atoms with Crippen LogP contribution in [-0.2, 0) is 6.54 Å². The first-order valence-corrected chi connectivity index (χ1v) is 9.72. The highest BCUT2D eigenvalue weighted by Gasteiger charge is 2.29. The zero-order chi connectivity index (χ0) is 17.8. The van der Waals surface area contributed by atoms with Gasteiger partial charge in [0.25, 0.3) is 0 Å². The number of piperidine rings is 1. The van der Waals surface area contributed by atoms with Crippen LogP contribution in [0.5, 0.6) is 5.75 Å². The first-order chi connectivity index (χ1) is 12.1. The van der Waals surface area contributed by atoms with Crippen molar-refractivity contribution < 1.29 is 4.74 Å². The van der Waals surface area contributed by atoms with Gasteiger partial charge in [-0.1, -0.05) is 50.2 Å². The number of nitrogens with zero attached hydrogens (tertiary/aromatic N) is 1. The molecule has 1 fully saturated rings. The van der Waals surface area contributed by atoms with Crippen molar-refractivity contribution in [3.63, 3.8) is 0 Å². The summed E-state index contributed by atoms with van der Waals surface area (Å²) in [4.78, 5) is 2.57. The number of benzene rings is 2. The highest BCUT2D eigenvalue weighted by Crippen LogP contribution is 2.35. The van der Waals surface area contributed by atoms with Crippen molar-refractivity contribution in [3.8, 4) is 5.75 Å². The molecule has 0 aliphatic carbocycles. The summed E-state index contributed by atoms with van der Waals surface area (Å²) in [6, 6.07) is 17.3. The summed E-state index contributed by atoms with van der Waals surface area (Å²) in [6.45, 7) is 7.74. The molecule has 0 amide bonds. The van der Waals surface area contributed by atoms with Crippen LogP contribution in [0.4, 0.5) is 0 Å². The smallest absolute Gasteiger partial charge is 0.118 e. The second kappa shape index (κ2) is 8.29. The van der Waals surface area contributed by atoms with Crippen LogP contribution in [0.25, 0.3) is 0 Å². The molecule has 0 spiro atoms. The molecule has 1 saturated heterocycles. The van der Waals surface area contributed by atoms with Crippen LogP contribution in [0, 0.1) is 0 Å². The lowest BCUT2D eigenvalue weighted by Gasteiger charge is -2.38. The van der Waals surface area contributed by atoms with Crippen molar-refractivity contribution in [1.82, 2.24) is 4.90 Å². The molecule has 1 heterocycles. The van der Waals surface area contributed by atoms with Gasteiger partial charge in [-0.2, -0.15) is 12.6 Å². The number of rotatable bonds is 5. The average molecular weight is 356 g/mol. The molecule has 3 rings (SSSR count). The largest absolute Gasteiger partial charge is 0.497 e. The van der Waals surface area contributed by atoms with Crippen LogP contribution in [-0.4, -0.2) is 30.3 Å². The van der Waals surface area contributed by atoms with Crippen molar-refractivity contribution in [1.29, 1.82) is 0 Å². The quantitative estimate of drug-likeness (QED) is 0.749. The predicted molar refractivity (Wildman–Crippen MR) is 109 cm³/mol. The minimum absolute atomic E-state index is 0.437. The van der Waals surface area contributed by atoms with Gasteiger partial charge in [-0.25, -0.2) is 0 Å². The van der Waals surface area contributed by atoms with E-state index in [2.05, 4.69) is 55.1 Å². The van der Waals surface area contributed by atoms with Crippen LogP contribution in [0.3, 0.4) is 0 Å². The van der Waals surface area contributed by atoms with Gasteiger partial charge in [0.05, 0.1) is 7.11 Å². The lowest BCUT2D eigenvalue weighted by molar-refractivity contribution is 0.204. The summed E-state index contributed by atoms with van der Waals surface area (Å²) in [6.07, 6.45) is 1.14. The fraction of sp³-hybridized carbons (Fsp3) is 0.455. The zero-order valence-electron chi connectivity index (χ0n) is 15.5. The number of likely N-dealkylation sites (tertiary alicyclic amines) is 1. The maximum atomic E-state index is 5.26. The number of hydrogen-bond acceptors (Lipinski definition) is 3. The SMILES string of the molecule is COc1ccc(CN2CCC(S)C(c3ccccc3C(C)C)C2)cc1. The Morgan fingerprint density at radius 1 is 1.12 bits per heavy atom. The first-order valence-electron chi connectivity index (χ1n) is 9.20. The Bertz CT molecular complexity index is 683. The Morgan fingerprint density at radius 3 is 2.52 bits per heavy atom. The third-order valence-corrected chi connectivity index (χ3v) is 5.86. The Labute approximate surface area is 157 Å². The van der Waals surface area contributed by atoms with E-state index in [0.717, 1.165) is 31.8 Å². The highest BCUT2D eigenvalue weighted by atomic mass is 32.1. The lowest BCUT2D eigenvalue weighted by atomic mass is 9.84. The molecule has 134 valence electrons. The Hall–Kier alpha value is -1.45. The van der Waals surface area contributed by atoms with Gasteiger partial charge < -0.3 is 4.74 Å². The number of thiol groups is 1. The van der Waals surface area contributed by atoms with Crippen LogP contribution in [0.15, 0.2) is 48.5 Å². The van der Waals surface area contributed by atoms with E-state index in [0.29, 0.717) is 17.1 Å². The van der Waals surface area contributed by atoms with E-state index in [1.807, 2.05) is 12.1 Å². The molecule has 0 aromatic heterocycles. The minimum atomic E-state index is 0.437. The summed E-state index contributed by atoms with van der Waals surface area (Å²) in [5, 5.41) is 0.437. The van der Waals surface area contributed by atoms with Gasteiger partial charge >= 0.3 is 0 Å². The lowest BCUT2D eigenvalue weighted by Crippen LogP contribution is -2.39. The summed E-state index contributed by atoms with van der Waals surface area (Å²) in [5.74, 6) is 1.96. The summed E-state index contributed by atoms with van der Waals surface area (Å²) < 4.78 is 5.26. The van der Waals surface area contributed by atoms with E-state index in [4.69, 9.17) is 17.4 Å². The normalized spacial score (nSPS) is 21.5. The molecule has 3 heteroatoms.